The van der Waals surface area contributed by atoms with Crippen LogP contribution in [0.4, 0.5) is 0 Å². The van der Waals surface area contributed by atoms with Gasteiger partial charge < -0.3 is 10.8 Å². The molecular formula is C19H17N5O. The topological polar surface area (TPSA) is 89.9 Å². The standard InChI is InChI=1S/C19H17N5O/c1-12-4-2-7-18(22-12)24-17-10-13(8-9-14(17)11-21-24)15-5-3-6-16(23-15)19(20)25/h2-11,19,25H,20H2,1H3. The summed E-state index contributed by atoms with van der Waals surface area (Å²) in [6.45, 7) is 1.95. The molecule has 0 bridgehead atoms. The summed E-state index contributed by atoms with van der Waals surface area (Å²) in [4.78, 5) is 8.97. The first-order valence-electron chi connectivity index (χ1n) is 7.94. The number of rotatable bonds is 3. The number of nitrogens with zero attached hydrogens (tertiary/aromatic N) is 4. The molecule has 1 aromatic carbocycles. The first-order valence-corrected chi connectivity index (χ1v) is 7.94. The Morgan fingerprint density at radius 1 is 1.04 bits per heavy atom. The molecule has 0 aliphatic heterocycles. The first-order chi connectivity index (χ1) is 12.1. The minimum absolute atomic E-state index is 0.437. The zero-order chi connectivity index (χ0) is 17.4. The quantitative estimate of drug-likeness (QED) is 0.563. The second-order valence-corrected chi connectivity index (χ2v) is 5.86. The molecule has 6 nitrogen and oxygen atoms in total. The van der Waals surface area contributed by atoms with Gasteiger partial charge in [0.1, 0.15) is 6.23 Å². The van der Waals surface area contributed by atoms with Gasteiger partial charge >= 0.3 is 0 Å². The maximum absolute atomic E-state index is 9.55. The molecule has 0 amide bonds. The molecule has 3 heterocycles. The Balaban J connectivity index is 1.85. The van der Waals surface area contributed by atoms with Gasteiger partial charge in [0.25, 0.3) is 0 Å². The third kappa shape index (κ3) is 2.88. The molecule has 3 aromatic heterocycles. The van der Waals surface area contributed by atoms with E-state index in [1.807, 2.05) is 66.3 Å². The van der Waals surface area contributed by atoms with Gasteiger partial charge in [-0.25, -0.2) is 14.6 Å². The average molecular weight is 331 g/mol. The molecule has 0 radical (unpaired) electrons. The largest absolute Gasteiger partial charge is 0.373 e. The van der Waals surface area contributed by atoms with E-state index in [4.69, 9.17) is 5.73 Å². The van der Waals surface area contributed by atoms with E-state index in [-0.39, 0.29) is 0 Å². The number of aryl methyl sites for hydroxylation is 1. The highest BCUT2D eigenvalue weighted by Gasteiger charge is 2.10. The molecule has 3 N–H and O–H groups in total. The zero-order valence-electron chi connectivity index (χ0n) is 13.7. The van der Waals surface area contributed by atoms with Gasteiger partial charge in [0.2, 0.25) is 0 Å². The number of aromatic nitrogens is 4. The Bertz CT molecular complexity index is 1050. The lowest BCUT2D eigenvalue weighted by atomic mass is 10.1. The number of nitrogens with two attached hydrogens (primary N) is 1. The van der Waals surface area contributed by atoms with Crippen molar-refractivity contribution >= 4 is 10.9 Å². The lowest BCUT2D eigenvalue weighted by Gasteiger charge is -2.08. The van der Waals surface area contributed by atoms with Gasteiger partial charge in [-0.05, 0) is 37.3 Å². The Morgan fingerprint density at radius 2 is 1.88 bits per heavy atom. The Labute approximate surface area is 144 Å². The fraction of sp³-hybridized carbons (Fsp3) is 0.105. The van der Waals surface area contributed by atoms with Crippen LogP contribution < -0.4 is 5.73 Å². The van der Waals surface area contributed by atoms with Gasteiger partial charge in [-0.15, -0.1) is 0 Å². The van der Waals surface area contributed by atoms with E-state index in [0.717, 1.165) is 33.7 Å². The van der Waals surface area contributed by atoms with E-state index in [0.29, 0.717) is 5.69 Å². The fourth-order valence-corrected chi connectivity index (χ4v) is 2.78. The summed E-state index contributed by atoms with van der Waals surface area (Å²) in [6, 6.07) is 17.3. The molecule has 0 aliphatic rings. The van der Waals surface area contributed by atoms with Crippen molar-refractivity contribution in [1.82, 2.24) is 19.7 Å². The number of hydrogen-bond acceptors (Lipinski definition) is 5. The molecule has 0 fully saturated rings. The molecule has 0 saturated carbocycles. The molecule has 25 heavy (non-hydrogen) atoms. The summed E-state index contributed by atoms with van der Waals surface area (Å²) in [5.41, 5.74) is 9.50. The van der Waals surface area contributed by atoms with Crippen molar-refractivity contribution in [3.8, 4) is 17.1 Å². The molecule has 1 unspecified atom stereocenters. The van der Waals surface area contributed by atoms with Crippen molar-refractivity contribution in [2.45, 2.75) is 13.2 Å². The van der Waals surface area contributed by atoms with E-state index in [1.165, 1.54) is 0 Å². The van der Waals surface area contributed by atoms with Crippen molar-refractivity contribution in [1.29, 1.82) is 0 Å². The second-order valence-electron chi connectivity index (χ2n) is 5.86. The van der Waals surface area contributed by atoms with Gasteiger partial charge in [0.05, 0.1) is 23.1 Å². The van der Waals surface area contributed by atoms with Crippen LogP contribution in [-0.4, -0.2) is 24.9 Å². The lowest BCUT2D eigenvalue weighted by Crippen LogP contribution is -2.10. The third-order valence-corrected chi connectivity index (χ3v) is 4.03. The molecule has 0 spiro atoms. The Morgan fingerprint density at radius 3 is 2.68 bits per heavy atom. The maximum Gasteiger partial charge on any atom is 0.154 e. The van der Waals surface area contributed by atoms with E-state index in [2.05, 4.69) is 15.1 Å². The average Bonchev–Trinajstić information content (AvgIpc) is 3.05. The summed E-state index contributed by atoms with van der Waals surface area (Å²) >= 11 is 0. The van der Waals surface area contributed by atoms with Crippen molar-refractivity contribution in [3.63, 3.8) is 0 Å². The molecule has 6 heteroatoms. The van der Waals surface area contributed by atoms with Crippen molar-refractivity contribution in [3.05, 3.63) is 72.2 Å². The number of aliphatic hydroxyl groups is 1. The van der Waals surface area contributed by atoms with Crippen molar-refractivity contribution in [2.24, 2.45) is 5.73 Å². The van der Waals surface area contributed by atoms with E-state index in [1.54, 1.807) is 6.07 Å². The molecule has 4 aromatic rings. The highest BCUT2D eigenvalue weighted by atomic mass is 16.3. The van der Waals surface area contributed by atoms with Crippen LogP contribution in [0.15, 0.2) is 60.8 Å². The van der Waals surface area contributed by atoms with Crippen LogP contribution in [0.5, 0.6) is 0 Å². The molecule has 0 saturated heterocycles. The van der Waals surface area contributed by atoms with Crippen molar-refractivity contribution < 1.29 is 5.11 Å². The van der Waals surface area contributed by atoms with Gasteiger partial charge in [-0.1, -0.05) is 24.3 Å². The lowest BCUT2D eigenvalue weighted by molar-refractivity contribution is 0.181. The van der Waals surface area contributed by atoms with Crippen molar-refractivity contribution in [2.75, 3.05) is 0 Å². The summed E-state index contributed by atoms with van der Waals surface area (Å²) in [5.74, 6) is 0.770. The highest BCUT2D eigenvalue weighted by molar-refractivity contribution is 5.84. The smallest absolute Gasteiger partial charge is 0.154 e. The normalized spacial score (nSPS) is 12.4. The molecule has 1 atom stereocenters. The summed E-state index contributed by atoms with van der Waals surface area (Å²) in [6.07, 6.45) is 0.724. The van der Waals surface area contributed by atoms with Gasteiger partial charge in [0, 0.05) is 16.6 Å². The number of benzene rings is 1. The van der Waals surface area contributed by atoms with Crippen LogP contribution in [0.25, 0.3) is 28.0 Å². The predicted molar refractivity (Wildman–Crippen MR) is 96.0 cm³/mol. The van der Waals surface area contributed by atoms with Gasteiger partial charge in [-0.2, -0.15) is 5.10 Å². The molecule has 124 valence electrons. The third-order valence-electron chi connectivity index (χ3n) is 4.03. The minimum Gasteiger partial charge on any atom is -0.373 e. The number of aliphatic hydroxyl groups excluding tert-OH is 1. The van der Waals surface area contributed by atoms with Crippen LogP contribution in [0, 0.1) is 6.92 Å². The van der Waals surface area contributed by atoms with Crippen LogP contribution in [-0.2, 0) is 0 Å². The SMILES string of the molecule is Cc1cccc(-n2ncc3ccc(-c4cccc(C(N)O)n4)cc32)n1. The first kappa shape index (κ1) is 15.4. The van der Waals surface area contributed by atoms with E-state index >= 15 is 0 Å². The Kier molecular flexibility index (Phi) is 3.76. The van der Waals surface area contributed by atoms with Crippen LogP contribution in [0.3, 0.4) is 0 Å². The van der Waals surface area contributed by atoms with Crippen LogP contribution in [0.2, 0.25) is 0 Å². The number of pyridine rings is 2. The zero-order valence-corrected chi connectivity index (χ0v) is 13.7. The van der Waals surface area contributed by atoms with E-state index in [9.17, 15) is 5.11 Å². The van der Waals surface area contributed by atoms with E-state index < -0.39 is 6.23 Å². The fourth-order valence-electron chi connectivity index (χ4n) is 2.78. The monoisotopic (exact) mass is 331 g/mol. The Hall–Kier alpha value is -3.09. The van der Waals surface area contributed by atoms with Crippen LogP contribution >= 0.6 is 0 Å². The molecule has 0 aliphatic carbocycles. The highest BCUT2D eigenvalue weighted by Crippen LogP contribution is 2.25. The molecule has 4 rings (SSSR count). The number of fused-ring (bicyclic) bond motifs is 1. The minimum atomic E-state index is -1.09. The maximum atomic E-state index is 9.55. The summed E-state index contributed by atoms with van der Waals surface area (Å²) < 4.78 is 1.81. The molecular weight excluding hydrogens is 314 g/mol. The number of hydrogen-bond donors (Lipinski definition) is 2. The van der Waals surface area contributed by atoms with Crippen LogP contribution in [0.1, 0.15) is 17.6 Å². The second kappa shape index (κ2) is 6.08. The predicted octanol–water partition coefficient (Wildman–Crippen LogP) is 2.74. The summed E-state index contributed by atoms with van der Waals surface area (Å²) in [5, 5.41) is 15.0. The van der Waals surface area contributed by atoms with Gasteiger partial charge in [-0.3, -0.25) is 0 Å². The summed E-state index contributed by atoms with van der Waals surface area (Å²) in [7, 11) is 0. The van der Waals surface area contributed by atoms with Gasteiger partial charge in [0.15, 0.2) is 5.82 Å².